The average Bonchev–Trinajstić information content (AvgIpc) is 2.18. The Balaban J connectivity index is 2.45. The summed E-state index contributed by atoms with van der Waals surface area (Å²) in [6.45, 7) is 5.13. The van der Waals surface area contributed by atoms with Gasteiger partial charge in [0.05, 0.1) is 5.69 Å². The van der Waals surface area contributed by atoms with Crippen LogP contribution in [-0.2, 0) is 6.54 Å². The van der Waals surface area contributed by atoms with Gasteiger partial charge in [-0.25, -0.2) is 0 Å². The molecule has 0 bridgehead atoms. The topological polar surface area (TPSA) is 42.1 Å². The van der Waals surface area contributed by atoms with E-state index in [-0.39, 0.29) is 6.04 Å². The van der Waals surface area contributed by atoms with Crippen molar-refractivity contribution in [1.29, 1.82) is 0 Å². The first-order valence-electron chi connectivity index (χ1n) is 5.45. The van der Waals surface area contributed by atoms with Gasteiger partial charge in [-0.2, -0.15) is 0 Å². The molecule has 0 spiro atoms. The molecule has 1 heterocycles. The van der Waals surface area contributed by atoms with Crippen LogP contribution < -0.4 is 5.73 Å². The second kappa shape index (κ2) is 5.83. The van der Waals surface area contributed by atoms with Crippen molar-refractivity contribution in [3.63, 3.8) is 0 Å². The summed E-state index contributed by atoms with van der Waals surface area (Å²) in [4.78, 5) is 6.59. The molecule has 0 aliphatic rings. The van der Waals surface area contributed by atoms with Crippen LogP contribution in [0.5, 0.6) is 0 Å². The predicted octanol–water partition coefficient (Wildman–Crippen LogP) is 1.64. The molecule has 2 atom stereocenters. The maximum Gasteiger partial charge on any atom is 0.0543 e. The van der Waals surface area contributed by atoms with Gasteiger partial charge in [0.2, 0.25) is 0 Å². The lowest BCUT2D eigenvalue weighted by atomic mass is 10.1. The molecule has 1 aromatic heterocycles. The third-order valence-corrected chi connectivity index (χ3v) is 2.60. The molecule has 84 valence electrons. The predicted molar refractivity (Wildman–Crippen MR) is 63.4 cm³/mol. The number of aromatic nitrogens is 1. The van der Waals surface area contributed by atoms with E-state index in [0.717, 1.165) is 18.7 Å². The summed E-state index contributed by atoms with van der Waals surface area (Å²) < 4.78 is 0. The van der Waals surface area contributed by atoms with E-state index in [2.05, 4.69) is 29.9 Å². The number of hydrogen-bond acceptors (Lipinski definition) is 3. The highest BCUT2D eigenvalue weighted by Crippen LogP contribution is 2.07. The number of nitrogens with two attached hydrogens (primary N) is 1. The van der Waals surface area contributed by atoms with Crippen LogP contribution in [0.4, 0.5) is 0 Å². The van der Waals surface area contributed by atoms with Crippen LogP contribution in [0.15, 0.2) is 24.4 Å². The van der Waals surface area contributed by atoms with Gasteiger partial charge in [0.15, 0.2) is 0 Å². The largest absolute Gasteiger partial charge is 0.328 e. The summed E-state index contributed by atoms with van der Waals surface area (Å²) in [6, 6.07) is 6.76. The molecule has 0 amide bonds. The first-order valence-corrected chi connectivity index (χ1v) is 5.45. The van der Waals surface area contributed by atoms with E-state index in [9.17, 15) is 0 Å². The van der Waals surface area contributed by atoms with E-state index in [1.165, 1.54) is 0 Å². The summed E-state index contributed by atoms with van der Waals surface area (Å²) >= 11 is 0. The molecule has 3 nitrogen and oxygen atoms in total. The second-order valence-corrected chi connectivity index (χ2v) is 4.30. The molecule has 15 heavy (non-hydrogen) atoms. The van der Waals surface area contributed by atoms with Gasteiger partial charge in [0, 0.05) is 24.8 Å². The molecule has 0 radical (unpaired) electrons. The van der Waals surface area contributed by atoms with Crippen molar-refractivity contribution >= 4 is 0 Å². The highest BCUT2D eigenvalue weighted by molar-refractivity contribution is 5.03. The lowest BCUT2D eigenvalue weighted by Gasteiger charge is -2.25. The molecular weight excluding hydrogens is 186 g/mol. The van der Waals surface area contributed by atoms with E-state index in [0.29, 0.717) is 6.04 Å². The number of pyridine rings is 1. The standard InChI is InChI=1S/C12H21N3/c1-10(13)8-11(2)15(3)9-12-6-4-5-7-14-12/h4-7,10-11H,8-9,13H2,1-3H3. The first kappa shape index (κ1) is 12.1. The summed E-state index contributed by atoms with van der Waals surface area (Å²) in [7, 11) is 2.11. The molecule has 2 unspecified atom stereocenters. The Kier molecular flexibility index (Phi) is 4.72. The summed E-state index contributed by atoms with van der Waals surface area (Å²) in [5.41, 5.74) is 6.89. The fourth-order valence-corrected chi connectivity index (χ4v) is 1.62. The smallest absolute Gasteiger partial charge is 0.0543 e. The minimum absolute atomic E-state index is 0.256. The fourth-order valence-electron chi connectivity index (χ4n) is 1.62. The minimum atomic E-state index is 0.256. The second-order valence-electron chi connectivity index (χ2n) is 4.30. The van der Waals surface area contributed by atoms with Crippen molar-refractivity contribution in [2.24, 2.45) is 5.73 Å². The van der Waals surface area contributed by atoms with Crippen molar-refractivity contribution in [2.75, 3.05) is 7.05 Å². The first-order chi connectivity index (χ1) is 7.09. The molecule has 2 N–H and O–H groups in total. The van der Waals surface area contributed by atoms with Crippen molar-refractivity contribution in [3.8, 4) is 0 Å². The summed E-state index contributed by atoms with van der Waals surface area (Å²) in [6.07, 6.45) is 2.85. The molecule has 3 heteroatoms. The molecule has 0 saturated heterocycles. The number of rotatable bonds is 5. The highest BCUT2D eigenvalue weighted by Gasteiger charge is 2.11. The normalized spacial score (nSPS) is 15.3. The van der Waals surface area contributed by atoms with Crippen molar-refractivity contribution < 1.29 is 0 Å². The Bertz CT molecular complexity index is 271. The Morgan fingerprint density at radius 1 is 1.40 bits per heavy atom. The Morgan fingerprint density at radius 3 is 2.67 bits per heavy atom. The van der Waals surface area contributed by atoms with Gasteiger partial charge in [-0.3, -0.25) is 9.88 Å². The molecule has 0 aromatic carbocycles. The third kappa shape index (κ3) is 4.40. The lowest BCUT2D eigenvalue weighted by molar-refractivity contribution is 0.227. The van der Waals surface area contributed by atoms with E-state index in [1.54, 1.807) is 0 Å². The molecule has 1 aromatic rings. The van der Waals surface area contributed by atoms with Gasteiger partial charge in [-0.1, -0.05) is 6.07 Å². The van der Waals surface area contributed by atoms with Crippen LogP contribution in [0.1, 0.15) is 26.0 Å². The Morgan fingerprint density at radius 2 is 2.13 bits per heavy atom. The maximum absolute atomic E-state index is 5.78. The molecule has 1 rings (SSSR count). The van der Waals surface area contributed by atoms with E-state index in [4.69, 9.17) is 5.73 Å². The molecular formula is C12H21N3. The lowest BCUT2D eigenvalue weighted by Crippen LogP contribution is -2.33. The monoisotopic (exact) mass is 207 g/mol. The fraction of sp³-hybridized carbons (Fsp3) is 0.583. The maximum atomic E-state index is 5.78. The van der Waals surface area contributed by atoms with Crippen molar-refractivity contribution in [1.82, 2.24) is 9.88 Å². The number of hydrogen-bond donors (Lipinski definition) is 1. The van der Waals surface area contributed by atoms with Crippen LogP contribution in [0.3, 0.4) is 0 Å². The minimum Gasteiger partial charge on any atom is -0.328 e. The van der Waals surface area contributed by atoms with Crippen molar-refractivity contribution in [2.45, 2.75) is 38.9 Å². The average molecular weight is 207 g/mol. The summed E-state index contributed by atoms with van der Waals surface area (Å²) in [5, 5.41) is 0. The zero-order valence-electron chi connectivity index (χ0n) is 9.85. The Hall–Kier alpha value is -0.930. The SMILES string of the molecule is CC(N)CC(C)N(C)Cc1ccccn1. The molecule has 0 saturated carbocycles. The molecule has 0 aliphatic heterocycles. The van der Waals surface area contributed by atoms with Gasteiger partial charge in [0.1, 0.15) is 0 Å². The van der Waals surface area contributed by atoms with Gasteiger partial charge >= 0.3 is 0 Å². The van der Waals surface area contributed by atoms with Gasteiger partial charge < -0.3 is 5.73 Å². The van der Waals surface area contributed by atoms with Crippen LogP contribution in [0.2, 0.25) is 0 Å². The molecule has 0 aliphatic carbocycles. The van der Waals surface area contributed by atoms with Gasteiger partial charge in [-0.15, -0.1) is 0 Å². The van der Waals surface area contributed by atoms with Crippen LogP contribution in [0.25, 0.3) is 0 Å². The van der Waals surface area contributed by atoms with Crippen molar-refractivity contribution in [3.05, 3.63) is 30.1 Å². The quantitative estimate of drug-likeness (QED) is 0.798. The third-order valence-electron chi connectivity index (χ3n) is 2.60. The zero-order valence-corrected chi connectivity index (χ0v) is 9.85. The van der Waals surface area contributed by atoms with Crippen LogP contribution in [0, 0.1) is 0 Å². The van der Waals surface area contributed by atoms with Gasteiger partial charge in [0.25, 0.3) is 0 Å². The number of nitrogens with zero attached hydrogens (tertiary/aromatic N) is 2. The van der Waals surface area contributed by atoms with E-state index < -0.39 is 0 Å². The van der Waals surface area contributed by atoms with Crippen LogP contribution in [-0.4, -0.2) is 29.0 Å². The molecule has 0 fully saturated rings. The summed E-state index contributed by atoms with van der Waals surface area (Å²) in [5.74, 6) is 0. The van der Waals surface area contributed by atoms with Crippen LogP contribution >= 0.6 is 0 Å². The van der Waals surface area contributed by atoms with E-state index in [1.807, 2.05) is 25.3 Å². The highest BCUT2D eigenvalue weighted by atomic mass is 15.1. The van der Waals surface area contributed by atoms with Gasteiger partial charge in [-0.05, 0) is 39.4 Å². The Labute approximate surface area is 92.3 Å². The zero-order chi connectivity index (χ0) is 11.3. The van der Waals surface area contributed by atoms with E-state index >= 15 is 0 Å².